The first-order valence-corrected chi connectivity index (χ1v) is 10.4. The lowest BCUT2D eigenvalue weighted by Gasteiger charge is -2.33. The molecule has 0 saturated carbocycles. The number of halogens is 1. The Hall–Kier alpha value is -2.31. The summed E-state index contributed by atoms with van der Waals surface area (Å²) in [6.07, 6.45) is -0.575. The molecule has 1 spiro atoms. The third-order valence-corrected chi connectivity index (χ3v) is 6.94. The molecule has 2 heterocycles. The summed E-state index contributed by atoms with van der Waals surface area (Å²) in [6.45, 7) is 3.21. The number of ether oxygens (including phenoxy) is 1. The van der Waals surface area contributed by atoms with Gasteiger partial charge in [0.2, 0.25) is 0 Å². The van der Waals surface area contributed by atoms with Gasteiger partial charge in [0.15, 0.2) is 0 Å². The number of hydrogen-bond donors (Lipinski definition) is 0. The maximum absolute atomic E-state index is 13.8. The van der Waals surface area contributed by atoms with E-state index >= 15 is 0 Å². The van der Waals surface area contributed by atoms with E-state index in [2.05, 4.69) is 5.10 Å². The summed E-state index contributed by atoms with van der Waals surface area (Å²) >= 11 is 7.61. The van der Waals surface area contributed by atoms with Crippen molar-refractivity contribution < 1.29 is 14.3 Å². The second-order valence-corrected chi connectivity index (χ2v) is 8.44. The zero-order valence-corrected chi connectivity index (χ0v) is 17.0. The molecule has 2 aromatic rings. The summed E-state index contributed by atoms with van der Waals surface area (Å²) < 4.78 is 5.64. The highest BCUT2D eigenvalue weighted by molar-refractivity contribution is 8.00. The van der Waals surface area contributed by atoms with Crippen LogP contribution in [0.5, 0.6) is 0 Å². The van der Waals surface area contributed by atoms with Gasteiger partial charge in [-0.1, -0.05) is 41.9 Å². The highest BCUT2D eigenvalue weighted by atomic mass is 35.5. The maximum atomic E-state index is 13.8. The molecule has 2 aliphatic heterocycles. The predicted octanol–water partition coefficient (Wildman–Crippen LogP) is 4.47. The first kappa shape index (κ1) is 19.0. The minimum atomic E-state index is -1.03. The molecular weight excluding hydrogens is 396 g/mol. The molecule has 4 rings (SSSR count). The van der Waals surface area contributed by atoms with Crippen LogP contribution in [-0.2, 0) is 14.3 Å². The summed E-state index contributed by atoms with van der Waals surface area (Å²) in [7, 11) is 0. The van der Waals surface area contributed by atoms with Crippen molar-refractivity contribution in [1.82, 2.24) is 0 Å². The Balaban J connectivity index is 1.81. The summed E-state index contributed by atoms with van der Waals surface area (Å²) in [5.41, 5.74) is 1.27. The molecule has 0 aliphatic carbocycles. The summed E-state index contributed by atoms with van der Waals surface area (Å²) in [5, 5.41) is 6.39. The van der Waals surface area contributed by atoms with Gasteiger partial charge in [-0.3, -0.25) is 9.59 Å². The fourth-order valence-electron chi connectivity index (χ4n) is 3.97. The quantitative estimate of drug-likeness (QED) is 0.695. The van der Waals surface area contributed by atoms with Crippen LogP contribution in [0, 0.1) is 5.41 Å². The molecule has 3 atom stereocenters. The Bertz CT molecular complexity index is 948. The third-order valence-electron chi connectivity index (χ3n) is 5.21. The number of rotatable bonds is 3. The zero-order valence-electron chi connectivity index (χ0n) is 15.5. The Kier molecular flexibility index (Phi) is 4.93. The molecule has 0 bridgehead atoms. The molecular formula is C21H19ClN2O3S. The van der Waals surface area contributed by atoms with E-state index in [1.54, 1.807) is 36.0 Å². The average molecular weight is 415 g/mol. The highest BCUT2D eigenvalue weighted by Gasteiger charge is 2.65. The van der Waals surface area contributed by atoms with Crippen LogP contribution in [0.25, 0.3) is 0 Å². The van der Waals surface area contributed by atoms with Gasteiger partial charge in [-0.15, -0.1) is 11.8 Å². The van der Waals surface area contributed by atoms with Crippen LogP contribution in [0.4, 0.5) is 5.69 Å². The van der Waals surface area contributed by atoms with E-state index in [-0.39, 0.29) is 11.2 Å². The molecule has 0 radical (unpaired) electrons. The lowest BCUT2D eigenvalue weighted by atomic mass is 9.73. The topological polar surface area (TPSA) is 59.0 Å². The fourth-order valence-corrected chi connectivity index (χ4v) is 5.83. The van der Waals surface area contributed by atoms with Crippen LogP contribution in [0.3, 0.4) is 0 Å². The minimum absolute atomic E-state index is 0.183. The van der Waals surface area contributed by atoms with Crippen LogP contribution in [0.1, 0.15) is 24.7 Å². The molecule has 1 amide bonds. The van der Waals surface area contributed by atoms with E-state index < -0.39 is 17.5 Å². The van der Waals surface area contributed by atoms with Crippen molar-refractivity contribution in [3.05, 3.63) is 65.2 Å². The lowest BCUT2D eigenvalue weighted by Crippen LogP contribution is -2.50. The Morgan fingerprint density at radius 2 is 1.89 bits per heavy atom. The maximum Gasteiger partial charge on any atom is 0.302 e. The summed E-state index contributed by atoms with van der Waals surface area (Å²) in [6, 6.07) is 16.8. The number of thioether (sulfide) groups is 1. The van der Waals surface area contributed by atoms with Crippen molar-refractivity contribution in [3.8, 4) is 0 Å². The van der Waals surface area contributed by atoms with Gasteiger partial charge in [-0.25, -0.2) is 0 Å². The number of carbonyl (C=O) groups excluding carboxylic acids is 2. The molecule has 2 aromatic carbocycles. The molecule has 7 heteroatoms. The Morgan fingerprint density at radius 1 is 1.21 bits per heavy atom. The molecule has 2 aliphatic rings. The summed E-state index contributed by atoms with van der Waals surface area (Å²) in [4.78, 5) is 25.5. The second-order valence-electron chi connectivity index (χ2n) is 6.87. The molecule has 144 valence electrons. The molecule has 0 unspecified atom stereocenters. The predicted molar refractivity (Wildman–Crippen MR) is 112 cm³/mol. The number of nitrogens with zero attached hydrogens (tertiary/aromatic N) is 2. The van der Waals surface area contributed by atoms with Crippen molar-refractivity contribution in [2.75, 3.05) is 10.8 Å². The second kappa shape index (κ2) is 7.26. The lowest BCUT2D eigenvalue weighted by molar-refractivity contribution is -0.151. The number of amides is 1. The first-order valence-electron chi connectivity index (χ1n) is 8.94. The molecule has 0 aromatic heterocycles. The fraction of sp³-hybridized carbons (Fsp3) is 0.286. The van der Waals surface area contributed by atoms with Crippen LogP contribution in [0.15, 0.2) is 59.7 Å². The van der Waals surface area contributed by atoms with Gasteiger partial charge in [-0.2, -0.15) is 10.1 Å². The molecule has 1 fully saturated rings. The standard InChI is InChI=1S/C21H19ClN2O3S/c1-13-21(20(26)24(23-13)17-10-8-16(22)9-11-17)18(27-14(2)25)12-28-19(21)15-6-4-3-5-7-15/h3-11,18-19H,12H2,1-2H3/t18-,19-,21+/m0/s1. The Morgan fingerprint density at radius 3 is 2.54 bits per heavy atom. The minimum Gasteiger partial charge on any atom is -0.460 e. The van der Waals surface area contributed by atoms with Crippen LogP contribution in [0.2, 0.25) is 5.02 Å². The molecule has 28 heavy (non-hydrogen) atoms. The highest BCUT2D eigenvalue weighted by Crippen LogP contribution is 2.58. The van der Waals surface area contributed by atoms with Gasteiger partial charge in [0, 0.05) is 17.7 Å². The monoisotopic (exact) mass is 414 g/mol. The average Bonchev–Trinajstić information content (AvgIpc) is 3.17. The molecule has 0 N–H and O–H groups in total. The van der Waals surface area contributed by atoms with Gasteiger partial charge in [0.05, 0.1) is 16.6 Å². The number of hydrazone groups is 1. The summed E-state index contributed by atoms with van der Waals surface area (Å²) in [5.74, 6) is -0.0479. The largest absolute Gasteiger partial charge is 0.460 e. The smallest absolute Gasteiger partial charge is 0.302 e. The van der Waals surface area contributed by atoms with E-state index in [0.717, 1.165) is 5.56 Å². The van der Waals surface area contributed by atoms with Crippen molar-refractivity contribution in [1.29, 1.82) is 0 Å². The van der Waals surface area contributed by atoms with Gasteiger partial charge in [0.1, 0.15) is 11.5 Å². The van der Waals surface area contributed by atoms with Crippen LogP contribution < -0.4 is 5.01 Å². The van der Waals surface area contributed by atoms with E-state index in [1.165, 1.54) is 11.9 Å². The number of esters is 1. The van der Waals surface area contributed by atoms with Gasteiger partial charge in [0.25, 0.3) is 5.91 Å². The van der Waals surface area contributed by atoms with Gasteiger partial charge >= 0.3 is 5.97 Å². The molecule has 5 nitrogen and oxygen atoms in total. The van der Waals surface area contributed by atoms with Crippen molar-refractivity contribution in [2.24, 2.45) is 10.5 Å². The SMILES string of the molecule is CC(=O)O[C@H]1CS[C@@H](c2ccccc2)[C@]12C(=O)N(c1ccc(Cl)cc1)N=C2C. The van der Waals surface area contributed by atoms with E-state index in [9.17, 15) is 9.59 Å². The van der Waals surface area contributed by atoms with Crippen molar-refractivity contribution >= 4 is 46.6 Å². The van der Waals surface area contributed by atoms with Crippen LogP contribution >= 0.6 is 23.4 Å². The van der Waals surface area contributed by atoms with E-state index in [0.29, 0.717) is 22.2 Å². The molecule has 1 saturated heterocycles. The number of carbonyl (C=O) groups is 2. The number of anilines is 1. The van der Waals surface area contributed by atoms with E-state index in [4.69, 9.17) is 16.3 Å². The van der Waals surface area contributed by atoms with Crippen LogP contribution in [-0.4, -0.2) is 29.4 Å². The number of hydrogen-bond acceptors (Lipinski definition) is 5. The first-order chi connectivity index (χ1) is 13.4. The zero-order chi connectivity index (χ0) is 19.9. The van der Waals surface area contributed by atoms with Gasteiger partial charge in [-0.05, 0) is 36.8 Å². The van der Waals surface area contributed by atoms with Gasteiger partial charge < -0.3 is 4.74 Å². The van der Waals surface area contributed by atoms with Crippen molar-refractivity contribution in [2.45, 2.75) is 25.2 Å². The normalized spacial score (nSPS) is 26.6. The Labute approximate surface area is 172 Å². The number of benzene rings is 2. The third kappa shape index (κ3) is 2.91. The van der Waals surface area contributed by atoms with Crippen molar-refractivity contribution in [3.63, 3.8) is 0 Å². The van der Waals surface area contributed by atoms with E-state index in [1.807, 2.05) is 37.3 Å².